The minimum Gasteiger partial charge on any atom is -0.442 e. The zero-order valence-electron chi connectivity index (χ0n) is 15.5. The molecule has 0 N–H and O–H groups in total. The first-order chi connectivity index (χ1) is 14.3. The van der Waals surface area contributed by atoms with Crippen molar-refractivity contribution in [3.63, 3.8) is 0 Å². The highest BCUT2D eigenvalue weighted by molar-refractivity contribution is 6.35. The Hall–Kier alpha value is -3.18. The highest BCUT2D eigenvalue weighted by Gasteiger charge is 2.28. The summed E-state index contributed by atoms with van der Waals surface area (Å²) in [6.07, 6.45) is 7.45. The average molecular weight is 401 g/mol. The van der Waals surface area contributed by atoms with Gasteiger partial charge in [-0.2, -0.15) is 0 Å². The number of fused-ring (bicyclic) bond motifs is 3. The Morgan fingerprint density at radius 1 is 1.07 bits per heavy atom. The van der Waals surface area contributed by atoms with Gasteiger partial charge in [-0.25, -0.2) is 9.97 Å². The molecule has 142 valence electrons. The number of aliphatic imine (C=N–C) groups is 1. The number of hydrogen-bond donors (Lipinski definition) is 0. The summed E-state index contributed by atoms with van der Waals surface area (Å²) in [5, 5.41) is 0.703. The fourth-order valence-corrected chi connectivity index (χ4v) is 4.24. The molecule has 5 nitrogen and oxygen atoms in total. The molecule has 1 aliphatic heterocycles. The summed E-state index contributed by atoms with van der Waals surface area (Å²) in [6, 6.07) is 14.6. The number of hydrogen-bond acceptors (Lipinski definition) is 4. The Bertz CT molecular complexity index is 1250. The van der Waals surface area contributed by atoms with Gasteiger partial charge in [0.15, 0.2) is 12.2 Å². The third-order valence-electron chi connectivity index (χ3n) is 5.63. The summed E-state index contributed by atoms with van der Waals surface area (Å²) in [6.45, 7) is 0.476. The minimum absolute atomic E-state index is 0.476. The maximum absolute atomic E-state index is 6.57. The molecule has 0 radical (unpaired) electrons. The quantitative estimate of drug-likeness (QED) is 0.462. The molecule has 6 rings (SSSR count). The molecule has 1 fully saturated rings. The average Bonchev–Trinajstić information content (AvgIpc) is 3.33. The van der Waals surface area contributed by atoms with E-state index in [0.717, 1.165) is 33.9 Å². The Kier molecular flexibility index (Phi) is 3.71. The van der Waals surface area contributed by atoms with Gasteiger partial charge < -0.3 is 4.42 Å². The Balaban J connectivity index is 1.60. The lowest BCUT2D eigenvalue weighted by atomic mass is 9.97. The first-order valence-electron chi connectivity index (χ1n) is 9.69. The van der Waals surface area contributed by atoms with E-state index >= 15 is 0 Å². The Morgan fingerprint density at radius 2 is 1.97 bits per heavy atom. The van der Waals surface area contributed by atoms with Crippen LogP contribution in [0.1, 0.15) is 41.1 Å². The van der Waals surface area contributed by atoms with Crippen LogP contribution in [0.3, 0.4) is 0 Å². The van der Waals surface area contributed by atoms with E-state index in [-0.39, 0.29) is 0 Å². The molecule has 29 heavy (non-hydrogen) atoms. The molecule has 3 heterocycles. The molecule has 1 aliphatic carbocycles. The second kappa shape index (κ2) is 6.42. The highest BCUT2D eigenvalue weighted by atomic mass is 35.5. The van der Waals surface area contributed by atoms with Crippen molar-refractivity contribution in [2.24, 2.45) is 4.99 Å². The van der Waals surface area contributed by atoms with E-state index < -0.39 is 0 Å². The fraction of sp³-hybridized carbons (Fsp3) is 0.174. The summed E-state index contributed by atoms with van der Waals surface area (Å²) in [7, 11) is 0. The minimum atomic E-state index is 0.476. The van der Waals surface area contributed by atoms with Crippen LogP contribution < -0.4 is 0 Å². The Morgan fingerprint density at radius 3 is 2.76 bits per heavy atom. The summed E-state index contributed by atoms with van der Waals surface area (Å²) < 4.78 is 7.61. The molecule has 2 aromatic carbocycles. The van der Waals surface area contributed by atoms with Crippen LogP contribution in [0.15, 0.2) is 70.8 Å². The van der Waals surface area contributed by atoms with Crippen LogP contribution in [0.5, 0.6) is 0 Å². The van der Waals surface area contributed by atoms with Crippen LogP contribution in [-0.2, 0) is 6.54 Å². The Labute approximate surface area is 172 Å². The van der Waals surface area contributed by atoms with E-state index in [9.17, 15) is 0 Å². The monoisotopic (exact) mass is 400 g/mol. The topological polar surface area (TPSA) is 56.2 Å². The zero-order chi connectivity index (χ0) is 19.4. The SMILES string of the molecule is Clc1ccccc1C1=NCc2c(-c3cnco3)ncn2-c2ccc(C3CC3)cc21. The summed E-state index contributed by atoms with van der Waals surface area (Å²) in [5.41, 5.74) is 7.11. The van der Waals surface area contributed by atoms with Crippen molar-refractivity contribution in [2.45, 2.75) is 25.3 Å². The molecule has 1 saturated carbocycles. The number of benzene rings is 2. The maximum atomic E-state index is 6.57. The molecular weight excluding hydrogens is 384 g/mol. The number of nitrogens with zero attached hydrogens (tertiary/aromatic N) is 4. The standard InChI is InChI=1S/C23H17ClN4O/c24-18-4-2-1-3-16(18)22-17-9-15(14-5-6-14)7-8-19(17)28-12-27-23(20(28)10-26-22)21-11-25-13-29-21/h1-4,7-9,11-14H,5-6,10H2. The number of oxazole rings is 1. The zero-order valence-corrected chi connectivity index (χ0v) is 16.3. The molecule has 0 saturated heterocycles. The molecule has 2 aliphatic rings. The van der Waals surface area contributed by atoms with Crippen LogP contribution in [0.2, 0.25) is 5.02 Å². The number of halogens is 1. The smallest absolute Gasteiger partial charge is 0.181 e. The molecule has 0 amide bonds. The predicted octanol–water partition coefficient (Wildman–Crippen LogP) is 5.41. The lowest BCUT2D eigenvalue weighted by Gasteiger charge is -2.14. The second-order valence-corrected chi connectivity index (χ2v) is 7.88. The van der Waals surface area contributed by atoms with E-state index in [1.807, 2.05) is 30.6 Å². The van der Waals surface area contributed by atoms with Crippen molar-refractivity contribution in [1.82, 2.24) is 14.5 Å². The van der Waals surface area contributed by atoms with Crippen molar-refractivity contribution >= 4 is 17.3 Å². The molecule has 0 atom stereocenters. The molecule has 6 heteroatoms. The lowest BCUT2D eigenvalue weighted by molar-refractivity contribution is 0.569. The summed E-state index contributed by atoms with van der Waals surface area (Å²) >= 11 is 6.57. The van der Waals surface area contributed by atoms with Crippen LogP contribution in [0.25, 0.3) is 17.1 Å². The third kappa shape index (κ3) is 2.73. The van der Waals surface area contributed by atoms with Crippen LogP contribution >= 0.6 is 11.6 Å². The van der Waals surface area contributed by atoms with Gasteiger partial charge in [0.05, 0.1) is 29.8 Å². The van der Waals surface area contributed by atoms with E-state index in [1.165, 1.54) is 24.8 Å². The van der Waals surface area contributed by atoms with E-state index in [4.69, 9.17) is 21.0 Å². The highest BCUT2D eigenvalue weighted by Crippen LogP contribution is 2.42. The van der Waals surface area contributed by atoms with Crippen molar-refractivity contribution in [3.05, 3.63) is 88.8 Å². The predicted molar refractivity (Wildman–Crippen MR) is 112 cm³/mol. The van der Waals surface area contributed by atoms with Gasteiger partial charge in [0.2, 0.25) is 0 Å². The first-order valence-corrected chi connectivity index (χ1v) is 10.1. The van der Waals surface area contributed by atoms with Crippen LogP contribution in [0, 0.1) is 0 Å². The molecular formula is C23H17ClN4O. The van der Waals surface area contributed by atoms with E-state index in [2.05, 4.69) is 32.7 Å². The van der Waals surface area contributed by atoms with Gasteiger partial charge in [-0.3, -0.25) is 9.56 Å². The lowest BCUT2D eigenvalue weighted by Crippen LogP contribution is -2.08. The number of aromatic nitrogens is 3. The van der Waals surface area contributed by atoms with Crippen LogP contribution in [0.4, 0.5) is 0 Å². The third-order valence-corrected chi connectivity index (χ3v) is 5.96. The van der Waals surface area contributed by atoms with E-state index in [1.54, 1.807) is 6.20 Å². The molecule has 0 unspecified atom stereocenters. The normalized spacial score (nSPS) is 15.4. The van der Waals surface area contributed by atoms with Crippen molar-refractivity contribution < 1.29 is 4.42 Å². The number of rotatable bonds is 3. The molecule has 2 aromatic heterocycles. The van der Waals surface area contributed by atoms with Crippen molar-refractivity contribution in [3.8, 4) is 17.1 Å². The molecule has 4 aromatic rings. The number of imidazole rings is 1. The van der Waals surface area contributed by atoms with Crippen LogP contribution in [-0.4, -0.2) is 20.2 Å². The largest absolute Gasteiger partial charge is 0.442 e. The van der Waals surface area contributed by atoms with Gasteiger partial charge >= 0.3 is 0 Å². The van der Waals surface area contributed by atoms with Gasteiger partial charge in [0.1, 0.15) is 12.0 Å². The van der Waals surface area contributed by atoms with Gasteiger partial charge in [-0.05, 0) is 42.5 Å². The molecule has 0 spiro atoms. The van der Waals surface area contributed by atoms with Crippen molar-refractivity contribution in [2.75, 3.05) is 0 Å². The second-order valence-electron chi connectivity index (χ2n) is 7.47. The van der Waals surface area contributed by atoms with Gasteiger partial charge in [0, 0.05) is 16.1 Å². The van der Waals surface area contributed by atoms with Gasteiger partial charge in [0.25, 0.3) is 0 Å². The van der Waals surface area contributed by atoms with E-state index in [0.29, 0.717) is 23.2 Å². The fourth-order valence-electron chi connectivity index (χ4n) is 4.02. The maximum Gasteiger partial charge on any atom is 0.181 e. The summed E-state index contributed by atoms with van der Waals surface area (Å²) in [4.78, 5) is 13.6. The van der Waals surface area contributed by atoms with Gasteiger partial charge in [-0.1, -0.05) is 35.9 Å². The van der Waals surface area contributed by atoms with Gasteiger partial charge in [-0.15, -0.1) is 0 Å². The van der Waals surface area contributed by atoms with Crippen molar-refractivity contribution in [1.29, 1.82) is 0 Å². The molecule has 0 bridgehead atoms. The summed E-state index contributed by atoms with van der Waals surface area (Å²) in [5.74, 6) is 1.30. The first kappa shape index (κ1) is 16.7.